The molecule has 0 spiro atoms. The molecule has 1 heterocycles. The van der Waals surface area contributed by atoms with Gasteiger partial charge in [0, 0.05) is 24.3 Å². The second-order valence-electron chi connectivity index (χ2n) is 8.68. The number of benzene rings is 4. The van der Waals surface area contributed by atoms with Crippen LogP contribution >= 0.6 is 0 Å². The number of aromatic hydroxyl groups is 1. The van der Waals surface area contributed by atoms with E-state index in [4.69, 9.17) is 14.6 Å². The fraction of sp³-hybridized carbons (Fsp3) is 0.161. The van der Waals surface area contributed by atoms with E-state index < -0.39 is 0 Å². The number of hydrogen-bond donors (Lipinski definition) is 1. The fourth-order valence-electron chi connectivity index (χ4n) is 4.36. The molecule has 37 heavy (non-hydrogen) atoms. The van der Waals surface area contributed by atoms with Gasteiger partial charge in [0.25, 0.3) is 0 Å². The molecule has 0 saturated carbocycles. The summed E-state index contributed by atoms with van der Waals surface area (Å²) >= 11 is 0. The van der Waals surface area contributed by atoms with Gasteiger partial charge < -0.3 is 14.6 Å². The van der Waals surface area contributed by atoms with Crippen molar-refractivity contribution in [2.75, 3.05) is 18.7 Å². The van der Waals surface area contributed by atoms with E-state index in [1.807, 2.05) is 67.6 Å². The van der Waals surface area contributed by atoms with Gasteiger partial charge in [-0.3, -0.25) is 10.0 Å². The molecule has 4 aromatic carbocycles. The quantitative estimate of drug-likeness (QED) is 0.272. The Hall–Kier alpha value is -4.58. The van der Waals surface area contributed by atoms with E-state index in [0.29, 0.717) is 17.9 Å². The van der Waals surface area contributed by atoms with E-state index in [1.165, 1.54) is 5.56 Å². The molecule has 0 bridgehead atoms. The minimum absolute atomic E-state index is 0.0660. The van der Waals surface area contributed by atoms with E-state index >= 15 is 0 Å². The van der Waals surface area contributed by atoms with E-state index in [2.05, 4.69) is 34.3 Å². The Bertz CT molecular complexity index is 1400. The average Bonchev–Trinajstić information content (AvgIpc) is 3.39. The van der Waals surface area contributed by atoms with Crippen LogP contribution in [-0.4, -0.2) is 30.7 Å². The summed E-state index contributed by atoms with van der Waals surface area (Å²) in [6.07, 6.45) is 2.45. The number of methoxy groups -OCH3 is 1. The van der Waals surface area contributed by atoms with Crippen LogP contribution in [0.3, 0.4) is 0 Å². The minimum atomic E-state index is 0.0660. The first kappa shape index (κ1) is 24.1. The Morgan fingerprint density at radius 2 is 1.68 bits per heavy atom. The molecule has 0 saturated heterocycles. The third-order valence-corrected chi connectivity index (χ3v) is 6.30. The number of anilines is 1. The molecule has 1 atom stereocenters. The van der Waals surface area contributed by atoms with Gasteiger partial charge in [-0.25, -0.2) is 0 Å². The number of phenols is 1. The van der Waals surface area contributed by atoms with Crippen LogP contribution in [0.5, 0.6) is 17.2 Å². The number of ether oxygens (including phenoxy) is 2. The molecule has 0 unspecified atom stereocenters. The summed E-state index contributed by atoms with van der Waals surface area (Å²) in [5.41, 5.74) is 5.74. The van der Waals surface area contributed by atoms with Crippen LogP contribution in [-0.2, 0) is 0 Å². The van der Waals surface area contributed by atoms with Crippen LogP contribution in [0.25, 0.3) is 0 Å². The van der Waals surface area contributed by atoms with Crippen molar-refractivity contribution in [2.45, 2.75) is 19.4 Å². The van der Waals surface area contributed by atoms with Gasteiger partial charge in [-0.1, -0.05) is 42.5 Å². The summed E-state index contributed by atoms with van der Waals surface area (Å²) in [7, 11) is 1.68. The Balaban J connectivity index is 1.40. The molecule has 1 aliphatic rings. The standard InChI is InChI=1S/C31H29N3O3/c1-3-37-28-18-11-24(31(35)19-28)21-32-25-12-14-26(15-13-25)34-30(23-9-16-27(36-2)17-10-23)20-29(33-34)22-7-5-4-6-8-22/h4-19,21,30,35H,3,20H2,1-2H3/t30-/m0/s1. The average molecular weight is 492 g/mol. The molecule has 0 amide bonds. The molecule has 0 aromatic heterocycles. The second-order valence-corrected chi connectivity index (χ2v) is 8.68. The largest absolute Gasteiger partial charge is 0.507 e. The van der Waals surface area contributed by atoms with Crippen LogP contribution in [0.4, 0.5) is 11.4 Å². The molecular weight excluding hydrogens is 462 g/mol. The predicted octanol–water partition coefficient (Wildman–Crippen LogP) is 6.91. The monoisotopic (exact) mass is 491 g/mol. The van der Waals surface area contributed by atoms with Gasteiger partial charge in [-0.2, -0.15) is 5.10 Å². The SMILES string of the molecule is CCOc1ccc(C=Nc2ccc(N3N=C(c4ccccc4)C[C@H]3c3ccc(OC)cc3)cc2)c(O)c1. The van der Waals surface area contributed by atoms with Gasteiger partial charge in [0.2, 0.25) is 0 Å². The van der Waals surface area contributed by atoms with Gasteiger partial charge in [0.05, 0.1) is 36.8 Å². The maximum absolute atomic E-state index is 10.3. The van der Waals surface area contributed by atoms with Gasteiger partial charge >= 0.3 is 0 Å². The molecule has 5 rings (SSSR count). The molecule has 1 N–H and O–H groups in total. The summed E-state index contributed by atoms with van der Waals surface area (Å²) in [4.78, 5) is 4.55. The molecule has 4 aromatic rings. The highest BCUT2D eigenvalue weighted by Gasteiger charge is 2.29. The zero-order chi connectivity index (χ0) is 25.6. The van der Waals surface area contributed by atoms with Crippen LogP contribution in [0.1, 0.15) is 36.1 Å². The topological polar surface area (TPSA) is 66.7 Å². The molecule has 6 heteroatoms. The lowest BCUT2D eigenvalue weighted by atomic mass is 9.98. The summed E-state index contributed by atoms with van der Waals surface area (Å²) in [5.74, 6) is 1.60. The van der Waals surface area contributed by atoms with Gasteiger partial charge in [0.15, 0.2) is 0 Å². The number of rotatable bonds is 8. The van der Waals surface area contributed by atoms with Gasteiger partial charge in [-0.15, -0.1) is 0 Å². The first-order valence-electron chi connectivity index (χ1n) is 12.3. The van der Waals surface area contributed by atoms with Crippen molar-refractivity contribution in [3.63, 3.8) is 0 Å². The van der Waals surface area contributed by atoms with Gasteiger partial charge in [-0.05, 0) is 66.6 Å². The zero-order valence-electron chi connectivity index (χ0n) is 20.9. The number of phenolic OH excluding ortho intramolecular Hbond substituents is 1. The zero-order valence-corrected chi connectivity index (χ0v) is 20.9. The van der Waals surface area contributed by atoms with E-state index in [0.717, 1.165) is 34.8 Å². The van der Waals surface area contributed by atoms with E-state index in [-0.39, 0.29) is 11.8 Å². The van der Waals surface area contributed by atoms with Crippen molar-refractivity contribution in [1.82, 2.24) is 0 Å². The summed E-state index contributed by atoms with van der Waals surface area (Å²) < 4.78 is 10.8. The second kappa shape index (κ2) is 11.0. The summed E-state index contributed by atoms with van der Waals surface area (Å²) in [6, 6.07) is 31.7. The smallest absolute Gasteiger partial charge is 0.128 e. The summed E-state index contributed by atoms with van der Waals surface area (Å²) in [5, 5.41) is 17.4. The molecule has 0 aliphatic carbocycles. The van der Waals surface area contributed by atoms with Crippen molar-refractivity contribution in [3.05, 3.63) is 114 Å². The molecular formula is C31H29N3O3. The first-order valence-corrected chi connectivity index (χ1v) is 12.3. The van der Waals surface area contributed by atoms with Crippen molar-refractivity contribution < 1.29 is 14.6 Å². The molecule has 0 fully saturated rings. The highest BCUT2D eigenvalue weighted by molar-refractivity contribution is 6.03. The van der Waals surface area contributed by atoms with Crippen molar-refractivity contribution in [3.8, 4) is 17.2 Å². The fourth-order valence-corrected chi connectivity index (χ4v) is 4.36. The molecule has 0 radical (unpaired) electrons. The number of hydrogen-bond acceptors (Lipinski definition) is 6. The van der Waals surface area contributed by atoms with Crippen LogP contribution in [0, 0.1) is 0 Å². The molecule has 186 valence electrons. The lowest BCUT2D eigenvalue weighted by molar-refractivity contribution is 0.337. The number of nitrogens with zero attached hydrogens (tertiary/aromatic N) is 3. The van der Waals surface area contributed by atoms with Crippen LogP contribution in [0.15, 0.2) is 107 Å². The maximum atomic E-state index is 10.3. The summed E-state index contributed by atoms with van der Waals surface area (Å²) in [6.45, 7) is 2.46. The highest BCUT2D eigenvalue weighted by Crippen LogP contribution is 2.37. The van der Waals surface area contributed by atoms with E-state index in [1.54, 1.807) is 25.5 Å². The lowest BCUT2D eigenvalue weighted by Crippen LogP contribution is -2.18. The Morgan fingerprint density at radius 3 is 2.35 bits per heavy atom. The Labute approximate surface area is 217 Å². The third kappa shape index (κ3) is 5.48. The highest BCUT2D eigenvalue weighted by atomic mass is 16.5. The van der Waals surface area contributed by atoms with E-state index in [9.17, 15) is 5.11 Å². The van der Waals surface area contributed by atoms with Crippen LogP contribution < -0.4 is 14.5 Å². The number of aliphatic imine (C=N–C) groups is 1. The predicted molar refractivity (Wildman–Crippen MR) is 149 cm³/mol. The number of hydrazone groups is 1. The Morgan fingerprint density at radius 1 is 0.946 bits per heavy atom. The molecule has 6 nitrogen and oxygen atoms in total. The normalized spacial score (nSPS) is 15.1. The third-order valence-electron chi connectivity index (χ3n) is 6.30. The molecule has 1 aliphatic heterocycles. The van der Waals surface area contributed by atoms with Crippen molar-refractivity contribution in [2.24, 2.45) is 10.1 Å². The minimum Gasteiger partial charge on any atom is -0.507 e. The maximum Gasteiger partial charge on any atom is 0.128 e. The van der Waals surface area contributed by atoms with Gasteiger partial charge in [0.1, 0.15) is 17.2 Å². The van der Waals surface area contributed by atoms with Crippen LogP contribution in [0.2, 0.25) is 0 Å². The Kier molecular flexibility index (Phi) is 7.17. The lowest BCUT2D eigenvalue weighted by Gasteiger charge is -2.24. The van der Waals surface area contributed by atoms with Crippen molar-refractivity contribution in [1.29, 1.82) is 0 Å². The first-order chi connectivity index (χ1) is 18.1. The van der Waals surface area contributed by atoms with Crippen molar-refractivity contribution >= 4 is 23.3 Å².